The fourth-order valence-electron chi connectivity index (χ4n) is 4.75. The van der Waals surface area contributed by atoms with Crippen LogP contribution in [-0.2, 0) is 4.74 Å². The molecule has 1 saturated heterocycles. The molecule has 1 N–H and O–H groups in total. The molecule has 2 fully saturated rings. The van der Waals surface area contributed by atoms with Crippen LogP contribution >= 0.6 is 0 Å². The molecule has 1 aliphatic carbocycles. The van der Waals surface area contributed by atoms with Gasteiger partial charge in [-0.3, -0.25) is 4.79 Å². The van der Waals surface area contributed by atoms with Gasteiger partial charge in [-0.05, 0) is 59.7 Å². The molecule has 0 bridgehead atoms. The molecule has 0 radical (unpaired) electrons. The molecule has 2 aromatic rings. The van der Waals surface area contributed by atoms with E-state index in [1.807, 2.05) is 41.5 Å². The molecule has 1 aromatic heterocycles. The number of amides is 2. The van der Waals surface area contributed by atoms with E-state index in [1.54, 1.807) is 11.1 Å². The number of hydrogen-bond donors (Lipinski definition) is 1. The molecule has 2 aliphatic rings. The minimum Gasteiger partial charge on any atom is -0.451 e. The third-order valence-electron chi connectivity index (χ3n) is 6.45. The lowest BCUT2D eigenvalue weighted by Gasteiger charge is -2.27. The summed E-state index contributed by atoms with van der Waals surface area (Å²) in [5.74, 6) is 0.957. The summed E-state index contributed by atoms with van der Waals surface area (Å²) in [5.41, 5.74) is -0.400. The average Bonchev–Trinajstić information content (AvgIpc) is 3.22. The number of ether oxygens (including phenoxy) is 2. The number of alkyl carbamates (subject to hydrolysis) is 1. The average molecular weight is 500 g/mol. The van der Waals surface area contributed by atoms with Gasteiger partial charge >= 0.3 is 6.09 Å². The highest BCUT2D eigenvalue weighted by atomic mass is 19.1. The Hall–Kier alpha value is -3.43. The number of aromatic nitrogens is 2. The van der Waals surface area contributed by atoms with Crippen LogP contribution in [0.15, 0.2) is 30.7 Å². The Kier molecular flexibility index (Phi) is 7.06. The van der Waals surface area contributed by atoms with Crippen LogP contribution < -0.4 is 15.0 Å². The Morgan fingerprint density at radius 3 is 2.53 bits per heavy atom. The van der Waals surface area contributed by atoms with Crippen molar-refractivity contribution >= 4 is 17.8 Å². The first-order valence-electron chi connectivity index (χ1n) is 12.3. The Balaban J connectivity index is 1.48. The number of nitrogens with zero attached hydrogens (tertiary/aromatic N) is 4. The molecule has 0 spiro atoms. The number of carbonyl (C=O) groups excluding carboxylic acids is 2. The van der Waals surface area contributed by atoms with Crippen molar-refractivity contribution in [3.8, 4) is 11.5 Å². The van der Waals surface area contributed by atoms with E-state index >= 15 is 0 Å². The van der Waals surface area contributed by atoms with Crippen molar-refractivity contribution in [1.29, 1.82) is 0 Å². The molecule has 36 heavy (non-hydrogen) atoms. The summed E-state index contributed by atoms with van der Waals surface area (Å²) >= 11 is 0. The minimum atomic E-state index is -0.544. The topological polar surface area (TPSA) is 96.9 Å². The van der Waals surface area contributed by atoms with Crippen LogP contribution in [0.1, 0.15) is 51.9 Å². The lowest BCUT2D eigenvalue weighted by Crippen LogP contribution is -2.38. The van der Waals surface area contributed by atoms with Gasteiger partial charge in [0, 0.05) is 43.6 Å². The Bertz CT molecular complexity index is 1120. The van der Waals surface area contributed by atoms with Crippen molar-refractivity contribution in [2.24, 2.45) is 11.8 Å². The largest absolute Gasteiger partial charge is 0.451 e. The SMILES string of the molecule is CCN(C(=O)c1cc(F)ccc1Oc1cncnc1N1CC2C(C1)C2NC(=O)OC(C)(C)C)C(C)C. The Morgan fingerprint density at radius 2 is 1.92 bits per heavy atom. The monoisotopic (exact) mass is 499 g/mol. The predicted molar refractivity (Wildman–Crippen MR) is 133 cm³/mol. The van der Waals surface area contributed by atoms with Crippen LogP contribution in [0.3, 0.4) is 0 Å². The van der Waals surface area contributed by atoms with Gasteiger partial charge in [-0.15, -0.1) is 0 Å². The van der Waals surface area contributed by atoms with Gasteiger partial charge in [0.05, 0.1) is 11.8 Å². The van der Waals surface area contributed by atoms with Crippen LogP contribution in [0, 0.1) is 17.7 Å². The minimum absolute atomic E-state index is 0.0483. The highest BCUT2D eigenvalue weighted by molar-refractivity contribution is 5.97. The van der Waals surface area contributed by atoms with Crippen LogP contribution in [0.2, 0.25) is 0 Å². The van der Waals surface area contributed by atoms with Crippen molar-refractivity contribution in [2.75, 3.05) is 24.5 Å². The molecule has 2 atom stereocenters. The van der Waals surface area contributed by atoms with Gasteiger partial charge in [0.25, 0.3) is 5.91 Å². The lowest BCUT2D eigenvalue weighted by atomic mass is 10.1. The van der Waals surface area contributed by atoms with Gasteiger partial charge in [-0.2, -0.15) is 0 Å². The molecule has 4 rings (SSSR count). The first-order chi connectivity index (χ1) is 17.0. The molecule has 1 saturated carbocycles. The number of benzene rings is 1. The van der Waals surface area contributed by atoms with Gasteiger partial charge in [0.15, 0.2) is 11.6 Å². The van der Waals surface area contributed by atoms with E-state index in [0.29, 0.717) is 31.2 Å². The highest BCUT2D eigenvalue weighted by Crippen LogP contribution is 2.48. The summed E-state index contributed by atoms with van der Waals surface area (Å²) in [6.45, 7) is 13.1. The molecule has 9 nitrogen and oxygen atoms in total. The maximum absolute atomic E-state index is 14.1. The number of hydrogen-bond acceptors (Lipinski definition) is 7. The summed E-state index contributed by atoms with van der Waals surface area (Å²) in [7, 11) is 0. The number of piperidine rings is 1. The second kappa shape index (κ2) is 9.91. The van der Waals surface area contributed by atoms with E-state index in [4.69, 9.17) is 9.47 Å². The van der Waals surface area contributed by atoms with Crippen molar-refractivity contribution in [1.82, 2.24) is 20.2 Å². The second-order valence-corrected chi connectivity index (χ2v) is 10.5. The zero-order valence-corrected chi connectivity index (χ0v) is 21.6. The molecular weight excluding hydrogens is 465 g/mol. The third-order valence-corrected chi connectivity index (χ3v) is 6.45. The summed E-state index contributed by atoms with van der Waals surface area (Å²) in [6, 6.07) is 3.94. The maximum Gasteiger partial charge on any atom is 0.407 e. The van der Waals surface area contributed by atoms with E-state index in [9.17, 15) is 14.0 Å². The van der Waals surface area contributed by atoms with Crippen LogP contribution in [0.4, 0.5) is 15.0 Å². The number of nitrogens with one attached hydrogen (secondary N) is 1. The molecule has 194 valence electrons. The predicted octanol–water partition coefficient (Wildman–Crippen LogP) is 4.24. The number of anilines is 1. The quantitative estimate of drug-likeness (QED) is 0.609. The van der Waals surface area contributed by atoms with Gasteiger partial charge in [0.1, 0.15) is 23.5 Å². The summed E-state index contributed by atoms with van der Waals surface area (Å²) in [5, 5.41) is 2.96. The molecule has 1 aliphatic heterocycles. The summed E-state index contributed by atoms with van der Waals surface area (Å²) in [6.07, 6.45) is 2.58. The van der Waals surface area contributed by atoms with Gasteiger partial charge in [-0.1, -0.05) is 0 Å². The van der Waals surface area contributed by atoms with E-state index in [0.717, 1.165) is 0 Å². The summed E-state index contributed by atoms with van der Waals surface area (Å²) in [4.78, 5) is 37.6. The van der Waals surface area contributed by atoms with E-state index in [1.165, 1.54) is 24.5 Å². The van der Waals surface area contributed by atoms with E-state index in [-0.39, 0.29) is 41.1 Å². The second-order valence-electron chi connectivity index (χ2n) is 10.5. The third kappa shape index (κ3) is 5.52. The van der Waals surface area contributed by atoms with Gasteiger partial charge in [-0.25, -0.2) is 19.2 Å². The van der Waals surface area contributed by atoms with Crippen molar-refractivity contribution in [3.63, 3.8) is 0 Å². The molecule has 1 aromatic carbocycles. The normalized spacial score (nSPS) is 20.7. The van der Waals surface area contributed by atoms with Crippen LogP contribution in [0.25, 0.3) is 0 Å². The van der Waals surface area contributed by atoms with Gasteiger partial charge < -0.3 is 24.6 Å². The maximum atomic E-state index is 14.1. The standard InChI is InChI=1S/C26H34FN5O4/c1-7-32(15(2)3)24(33)17-10-16(27)8-9-20(17)35-21-11-28-14-29-23(21)31-12-18-19(13-31)22(18)30-25(34)36-26(4,5)6/h8-11,14-15,18-19,22H,7,12-13H2,1-6H3,(H,30,34). The number of fused-ring (bicyclic) bond motifs is 1. The molecule has 2 amide bonds. The smallest absolute Gasteiger partial charge is 0.407 e. The Labute approximate surface area is 211 Å². The molecular formula is C26H34FN5O4. The highest BCUT2D eigenvalue weighted by Gasteiger charge is 2.57. The number of rotatable bonds is 7. The van der Waals surface area contributed by atoms with Crippen molar-refractivity contribution < 1.29 is 23.5 Å². The van der Waals surface area contributed by atoms with E-state index in [2.05, 4.69) is 20.2 Å². The fraction of sp³-hybridized carbons (Fsp3) is 0.538. The zero-order chi connectivity index (χ0) is 26.2. The van der Waals surface area contributed by atoms with Crippen molar-refractivity contribution in [3.05, 3.63) is 42.1 Å². The molecule has 2 heterocycles. The molecule has 10 heteroatoms. The van der Waals surface area contributed by atoms with E-state index < -0.39 is 17.5 Å². The Morgan fingerprint density at radius 1 is 1.22 bits per heavy atom. The first-order valence-corrected chi connectivity index (χ1v) is 12.3. The van der Waals surface area contributed by atoms with Crippen LogP contribution in [-0.4, -0.2) is 64.2 Å². The number of halogens is 1. The fourth-order valence-corrected chi connectivity index (χ4v) is 4.75. The van der Waals surface area contributed by atoms with Crippen LogP contribution in [0.5, 0.6) is 11.5 Å². The first kappa shape index (κ1) is 25.7. The number of carbonyl (C=O) groups is 2. The van der Waals surface area contributed by atoms with Crippen molar-refractivity contribution in [2.45, 2.75) is 59.2 Å². The van der Waals surface area contributed by atoms with Gasteiger partial charge in [0.2, 0.25) is 0 Å². The zero-order valence-electron chi connectivity index (χ0n) is 21.6. The summed E-state index contributed by atoms with van der Waals surface area (Å²) < 4.78 is 25.6. The molecule has 2 unspecified atom stereocenters. The lowest BCUT2D eigenvalue weighted by molar-refractivity contribution is 0.0517.